The third-order valence-electron chi connectivity index (χ3n) is 3.17. The van der Waals surface area contributed by atoms with E-state index in [1.807, 2.05) is 17.5 Å². The van der Waals surface area contributed by atoms with Crippen LogP contribution < -0.4 is 0 Å². The Labute approximate surface area is 87.8 Å². The Hall–Kier alpha value is -0.890. The highest BCUT2D eigenvalue weighted by atomic mass is 32.1. The minimum Gasteiger partial charge on any atom is -0.255 e. The zero-order chi connectivity index (χ0) is 9.38. The highest BCUT2D eigenvalue weighted by Crippen LogP contribution is 2.38. The summed E-state index contributed by atoms with van der Waals surface area (Å²) in [6, 6.07) is 4.34. The second kappa shape index (κ2) is 3.35. The van der Waals surface area contributed by atoms with E-state index in [1.165, 1.54) is 35.9 Å². The van der Waals surface area contributed by atoms with Gasteiger partial charge in [0.2, 0.25) is 0 Å². The van der Waals surface area contributed by atoms with Crippen molar-refractivity contribution in [1.29, 1.82) is 0 Å². The monoisotopic (exact) mass is 203 g/mol. The van der Waals surface area contributed by atoms with Gasteiger partial charge in [0.05, 0.1) is 10.2 Å². The number of hydrogen-bond donors (Lipinski definition) is 0. The predicted molar refractivity (Wildman–Crippen MR) is 60.8 cm³/mol. The molecule has 2 aromatic heterocycles. The average molecular weight is 203 g/mol. The molecule has 1 nitrogen and oxygen atoms in total. The molecule has 0 aromatic carbocycles. The third kappa shape index (κ3) is 1.25. The summed E-state index contributed by atoms with van der Waals surface area (Å²) in [6.45, 7) is 0. The minimum atomic E-state index is 0.805. The van der Waals surface area contributed by atoms with Crippen molar-refractivity contribution in [3.05, 3.63) is 29.3 Å². The largest absolute Gasteiger partial charge is 0.255 e. The molecule has 3 rings (SSSR count). The van der Waals surface area contributed by atoms with Gasteiger partial charge in [0.1, 0.15) is 0 Å². The molecule has 72 valence electrons. The second-order valence-corrected chi connectivity index (χ2v) is 4.93. The average Bonchev–Trinajstić information content (AvgIpc) is 2.88. The molecule has 0 spiro atoms. The van der Waals surface area contributed by atoms with Crippen molar-refractivity contribution >= 4 is 21.6 Å². The number of rotatable bonds is 1. The topological polar surface area (TPSA) is 12.9 Å². The Balaban J connectivity index is 2.14. The first-order chi connectivity index (χ1) is 6.95. The lowest BCUT2D eigenvalue weighted by Crippen LogP contribution is -1.92. The van der Waals surface area contributed by atoms with E-state index in [0.29, 0.717) is 0 Å². The standard InChI is InChI=1S/C12H13NS/c1-2-4-9(3-1)10-5-7-13-11-6-8-14-12(10)11/h5-9H,1-4H2. The first-order valence-electron chi connectivity index (χ1n) is 5.27. The minimum absolute atomic E-state index is 0.805. The van der Waals surface area contributed by atoms with E-state index in [0.717, 1.165) is 5.92 Å². The highest BCUT2D eigenvalue weighted by molar-refractivity contribution is 7.17. The first-order valence-corrected chi connectivity index (χ1v) is 6.15. The fourth-order valence-electron chi connectivity index (χ4n) is 2.45. The zero-order valence-electron chi connectivity index (χ0n) is 8.07. The van der Waals surface area contributed by atoms with Crippen LogP contribution in [0.4, 0.5) is 0 Å². The quantitative estimate of drug-likeness (QED) is 0.683. The van der Waals surface area contributed by atoms with Crippen LogP contribution in [0.25, 0.3) is 10.2 Å². The van der Waals surface area contributed by atoms with Gasteiger partial charge in [0.15, 0.2) is 0 Å². The van der Waals surface area contributed by atoms with E-state index < -0.39 is 0 Å². The van der Waals surface area contributed by atoms with Crippen LogP contribution in [0, 0.1) is 0 Å². The van der Waals surface area contributed by atoms with Crippen LogP contribution in [0.15, 0.2) is 23.7 Å². The summed E-state index contributed by atoms with van der Waals surface area (Å²) in [5.41, 5.74) is 2.72. The van der Waals surface area contributed by atoms with Crippen molar-refractivity contribution < 1.29 is 0 Å². The normalized spacial score (nSPS) is 18.0. The Kier molecular flexibility index (Phi) is 2.02. The number of thiophene rings is 1. The SMILES string of the molecule is c1cc(C2CCCC2)c2sccc2n1. The summed E-state index contributed by atoms with van der Waals surface area (Å²) < 4.78 is 1.42. The maximum atomic E-state index is 4.38. The maximum Gasteiger partial charge on any atom is 0.0812 e. The molecule has 0 amide bonds. The number of pyridine rings is 1. The van der Waals surface area contributed by atoms with Crippen LogP contribution in [0.5, 0.6) is 0 Å². The molecule has 1 fully saturated rings. The molecule has 2 aromatic rings. The lowest BCUT2D eigenvalue weighted by Gasteiger charge is -2.09. The molecule has 1 saturated carbocycles. The van der Waals surface area contributed by atoms with Gasteiger partial charge in [-0.3, -0.25) is 4.98 Å². The number of hydrogen-bond acceptors (Lipinski definition) is 2. The third-order valence-corrected chi connectivity index (χ3v) is 4.12. The van der Waals surface area contributed by atoms with Crippen molar-refractivity contribution in [3.63, 3.8) is 0 Å². The van der Waals surface area contributed by atoms with Gasteiger partial charge in [-0.25, -0.2) is 0 Å². The highest BCUT2D eigenvalue weighted by Gasteiger charge is 2.19. The lowest BCUT2D eigenvalue weighted by molar-refractivity contribution is 0.730. The smallest absolute Gasteiger partial charge is 0.0812 e. The fourth-order valence-corrected chi connectivity index (χ4v) is 3.40. The second-order valence-electron chi connectivity index (χ2n) is 4.02. The summed E-state index contributed by atoms with van der Waals surface area (Å²) in [6.07, 6.45) is 7.51. The molecule has 1 aliphatic rings. The number of fused-ring (bicyclic) bond motifs is 1. The predicted octanol–water partition coefficient (Wildman–Crippen LogP) is 3.95. The van der Waals surface area contributed by atoms with Gasteiger partial charge in [0, 0.05) is 6.20 Å². The molecule has 14 heavy (non-hydrogen) atoms. The number of nitrogens with zero attached hydrogens (tertiary/aromatic N) is 1. The zero-order valence-corrected chi connectivity index (χ0v) is 8.89. The van der Waals surface area contributed by atoms with Crippen LogP contribution in [0.1, 0.15) is 37.2 Å². The van der Waals surface area contributed by atoms with Crippen molar-refractivity contribution in [2.45, 2.75) is 31.6 Å². The van der Waals surface area contributed by atoms with Crippen LogP contribution in [-0.2, 0) is 0 Å². The molecule has 0 atom stereocenters. The van der Waals surface area contributed by atoms with Crippen LogP contribution in [0.3, 0.4) is 0 Å². The summed E-state index contributed by atoms with van der Waals surface area (Å²) in [7, 11) is 0. The van der Waals surface area contributed by atoms with Crippen molar-refractivity contribution in [2.24, 2.45) is 0 Å². The van der Waals surface area contributed by atoms with Gasteiger partial charge in [0.25, 0.3) is 0 Å². The van der Waals surface area contributed by atoms with E-state index in [1.54, 1.807) is 5.56 Å². The molecule has 0 aliphatic heterocycles. The molecule has 0 N–H and O–H groups in total. The Morgan fingerprint density at radius 2 is 2.07 bits per heavy atom. The Bertz CT molecular complexity index is 440. The van der Waals surface area contributed by atoms with Gasteiger partial charge in [-0.05, 0) is 41.8 Å². The van der Waals surface area contributed by atoms with Crippen molar-refractivity contribution in [3.8, 4) is 0 Å². The van der Waals surface area contributed by atoms with Crippen LogP contribution in [0.2, 0.25) is 0 Å². The Morgan fingerprint density at radius 1 is 1.21 bits per heavy atom. The van der Waals surface area contributed by atoms with Gasteiger partial charge in [-0.1, -0.05) is 12.8 Å². The summed E-state index contributed by atoms with van der Waals surface area (Å²) >= 11 is 1.84. The molecule has 0 bridgehead atoms. The van der Waals surface area contributed by atoms with E-state index in [4.69, 9.17) is 0 Å². The van der Waals surface area contributed by atoms with E-state index in [2.05, 4.69) is 22.5 Å². The summed E-state index contributed by atoms with van der Waals surface area (Å²) in [5, 5.41) is 2.15. The van der Waals surface area contributed by atoms with Gasteiger partial charge < -0.3 is 0 Å². The lowest BCUT2D eigenvalue weighted by atomic mass is 9.98. The van der Waals surface area contributed by atoms with Gasteiger partial charge >= 0.3 is 0 Å². The Morgan fingerprint density at radius 3 is 2.93 bits per heavy atom. The molecule has 2 heteroatoms. The van der Waals surface area contributed by atoms with Gasteiger partial charge in [-0.2, -0.15) is 0 Å². The molecule has 0 unspecified atom stereocenters. The molecular formula is C12H13NS. The van der Waals surface area contributed by atoms with Gasteiger partial charge in [-0.15, -0.1) is 11.3 Å². The molecule has 0 saturated heterocycles. The first kappa shape index (κ1) is 8.42. The van der Waals surface area contributed by atoms with Crippen LogP contribution >= 0.6 is 11.3 Å². The fraction of sp³-hybridized carbons (Fsp3) is 0.417. The molecule has 2 heterocycles. The molecule has 0 radical (unpaired) electrons. The molecular weight excluding hydrogens is 190 g/mol. The van der Waals surface area contributed by atoms with E-state index in [-0.39, 0.29) is 0 Å². The van der Waals surface area contributed by atoms with Crippen molar-refractivity contribution in [2.75, 3.05) is 0 Å². The van der Waals surface area contributed by atoms with E-state index >= 15 is 0 Å². The molecule has 1 aliphatic carbocycles. The van der Waals surface area contributed by atoms with Crippen LogP contribution in [-0.4, -0.2) is 4.98 Å². The summed E-state index contributed by atoms with van der Waals surface area (Å²) in [5.74, 6) is 0.805. The van der Waals surface area contributed by atoms with E-state index in [9.17, 15) is 0 Å². The summed E-state index contributed by atoms with van der Waals surface area (Å²) in [4.78, 5) is 4.38. The number of aromatic nitrogens is 1. The maximum absolute atomic E-state index is 4.38. The van der Waals surface area contributed by atoms with Crippen molar-refractivity contribution in [1.82, 2.24) is 4.98 Å².